The maximum atomic E-state index is 12.3. The molecule has 1 heterocycles. The molecule has 0 bridgehead atoms. The minimum atomic E-state index is -2.91. The predicted molar refractivity (Wildman–Crippen MR) is 49.5 cm³/mol. The van der Waals surface area contributed by atoms with Crippen LogP contribution in [-0.2, 0) is 6.61 Å². The Morgan fingerprint density at radius 2 is 2.27 bits per heavy atom. The lowest BCUT2D eigenvalue weighted by Gasteiger charge is -2.02. The fraction of sp³-hybridized carbons (Fsp3) is 0.286. The average Bonchev–Trinajstić information content (AvgIpc) is 2.16. The monoisotopic (exact) mass is 282 g/mol. The molecule has 0 fully saturated rings. The van der Waals surface area contributed by atoms with Gasteiger partial charge in [-0.25, -0.2) is 8.78 Å². The van der Waals surface area contributed by atoms with E-state index in [2.05, 4.69) is 20.9 Å². The molecule has 1 aromatic heterocycles. The van der Waals surface area contributed by atoms with E-state index in [-0.39, 0.29) is 10.0 Å². The first-order chi connectivity index (χ1) is 6.97. The third-order valence-electron chi connectivity index (χ3n) is 1.61. The third kappa shape index (κ3) is 2.45. The number of alkyl halides is 2. The van der Waals surface area contributed by atoms with Crippen LogP contribution in [0.3, 0.4) is 0 Å². The topological polar surface area (TPSA) is 76.3 Å². The van der Waals surface area contributed by atoms with Gasteiger partial charge in [-0.3, -0.25) is 0 Å². The summed E-state index contributed by atoms with van der Waals surface area (Å²) in [6.07, 6.45) is -2.91. The zero-order valence-corrected chi connectivity index (χ0v) is 8.74. The van der Waals surface area contributed by atoms with E-state index in [0.29, 0.717) is 0 Å². The largest absolute Gasteiger partial charge is 0.391 e. The molecule has 82 valence electrons. The van der Waals surface area contributed by atoms with Gasteiger partial charge < -0.3 is 15.2 Å². The minimum absolute atomic E-state index is 0.0628. The molecule has 0 aliphatic heterocycles. The van der Waals surface area contributed by atoms with Gasteiger partial charge in [-0.15, -0.1) is 0 Å². The summed E-state index contributed by atoms with van der Waals surface area (Å²) in [6.45, 7) is -0.634. The van der Waals surface area contributed by atoms with Crippen LogP contribution in [0.4, 0.5) is 14.6 Å². The zero-order valence-electron chi connectivity index (χ0n) is 7.15. The number of rotatable bonds is 3. The fourth-order valence-electron chi connectivity index (χ4n) is 0.958. The first-order valence-corrected chi connectivity index (χ1v) is 4.49. The predicted octanol–water partition coefficient (Wildman–Crippen LogP) is 2.18. The molecule has 8 heteroatoms. The van der Waals surface area contributed by atoms with Gasteiger partial charge >= 0.3 is 12.2 Å². The molecule has 1 N–H and O–H groups in total. The van der Waals surface area contributed by atoms with Crippen LogP contribution in [0.25, 0.3) is 0 Å². The molecule has 1 rings (SSSR count). The Morgan fingerprint density at radius 3 is 2.67 bits per heavy atom. The number of aromatic nitrogens is 1. The first kappa shape index (κ1) is 11.9. The number of nitro groups is 1. The van der Waals surface area contributed by atoms with E-state index in [0.717, 1.165) is 6.07 Å². The molecule has 0 aromatic carbocycles. The number of halogens is 3. The molecular formula is C7H5BrF2N2O3. The zero-order chi connectivity index (χ0) is 11.6. The van der Waals surface area contributed by atoms with Crippen LogP contribution in [0.5, 0.6) is 0 Å². The normalized spacial score (nSPS) is 10.7. The molecule has 0 saturated carbocycles. The van der Waals surface area contributed by atoms with Crippen molar-refractivity contribution in [2.75, 3.05) is 0 Å². The first-order valence-electron chi connectivity index (χ1n) is 3.70. The number of pyridine rings is 1. The van der Waals surface area contributed by atoms with Gasteiger partial charge in [0.2, 0.25) is 5.69 Å². The van der Waals surface area contributed by atoms with Gasteiger partial charge in [0.15, 0.2) is 0 Å². The van der Waals surface area contributed by atoms with Crippen LogP contribution < -0.4 is 0 Å². The van der Waals surface area contributed by atoms with Crippen molar-refractivity contribution >= 4 is 21.7 Å². The van der Waals surface area contributed by atoms with Gasteiger partial charge in [0.1, 0.15) is 0 Å². The molecule has 0 atom stereocenters. The van der Waals surface area contributed by atoms with Crippen molar-refractivity contribution in [3.05, 3.63) is 31.9 Å². The highest BCUT2D eigenvalue weighted by Gasteiger charge is 2.25. The number of aliphatic hydroxyl groups excluding tert-OH is 1. The Hall–Kier alpha value is -1.15. The summed E-state index contributed by atoms with van der Waals surface area (Å²) < 4.78 is 24.6. The van der Waals surface area contributed by atoms with Crippen LogP contribution >= 0.6 is 15.9 Å². The average molecular weight is 283 g/mol. The summed E-state index contributed by atoms with van der Waals surface area (Å²) in [5, 5.41) is 19.2. The Kier molecular flexibility index (Phi) is 3.64. The van der Waals surface area contributed by atoms with Crippen LogP contribution in [0.2, 0.25) is 0 Å². The number of nitrogens with zero attached hydrogens (tertiary/aromatic N) is 2. The summed E-state index contributed by atoms with van der Waals surface area (Å²) in [5.41, 5.74) is -0.824. The lowest BCUT2D eigenvalue weighted by Crippen LogP contribution is -2.03. The molecule has 0 radical (unpaired) electrons. The van der Waals surface area contributed by atoms with Crippen LogP contribution in [-0.4, -0.2) is 15.0 Å². The molecule has 0 aliphatic carbocycles. The molecule has 0 aliphatic rings. The van der Waals surface area contributed by atoms with Gasteiger partial charge in [0.05, 0.1) is 16.6 Å². The second kappa shape index (κ2) is 4.58. The van der Waals surface area contributed by atoms with Crippen molar-refractivity contribution in [3.8, 4) is 0 Å². The van der Waals surface area contributed by atoms with Crippen LogP contribution in [0, 0.1) is 10.1 Å². The summed E-state index contributed by atoms with van der Waals surface area (Å²) in [6, 6.07) is 1.06. The van der Waals surface area contributed by atoms with E-state index < -0.39 is 29.5 Å². The summed E-state index contributed by atoms with van der Waals surface area (Å²) in [5.74, 6) is -0.754. The van der Waals surface area contributed by atoms with Crippen molar-refractivity contribution in [3.63, 3.8) is 0 Å². The van der Waals surface area contributed by atoms with Crippen molar-refractivity contribution in [2.24, 2.45) is 0 Å². The number of aliphatic hydroxyl groups is 1. The smallest absolute Gasteiger partial charge is 0.369 e. The molecule has 0 saturated heterocycles. The molecule has 0 unspecified atom stereocenters. The highest BCUT2D eigenvalue weighted by molar-refractivity contribution is 9.10. The van der Waals surface area contributed by atoms with Crippen LogP contribution in [0.15, 0.2) is 10.5 Å². The standard InChI is InChI=1S/C7H5BrF2N2O3/c8-4-1-3(2-13)7(12(14)15)11-5(4)6(9)10/h1,6,13H,2H2. The molecule has 1 aromatic rings. The Balaban J connectivity index is 3.37. The van der Waals surface area contributed by atoms with E-state index in [4.69, 9.17) is 5.11 Å². The van der Waals surface area contributed by atoms with E-state index in [1.54, 1.807) is 0 Å². The molecule has 5 nitrogen and oxygen atoms in total. The van der Waals surface area contributed by atoms with Crippen molar-refractivity contribution in [2.45, 2.75) is 13.0 Å². The Labute approximate surface area is 91.0 Å². The van der Waals surface area contributed by atoms with Gasteiger partial charge in [-0.05, 0) is 31.9 Å². The minimum Gasteiger partial charge on any atom is -0.391 e. The SMILES string of the molecule is O=[N+]([O-])c1nc(C(F)F)c(Br)cc1CO. The van der Waals surface area contributed by atoms with E-state index in [1.165, 1.54) is 0 Å². The number of hydrogen-bond acceptors (Lipinski definition) is 4. The Morgan fingerprint density at radius 1 is 1.67 bits per heavy atom. The lowest BCUT2D eigenvalue weighted by molar-refractivity contribution is -0.390. The van der Waals surface area contributed by atoms with Gasteiger partial charge in [-0.2, -0.15) is 0 Å². The second-order valence-corrected chi connectivity index (χ2v) is 3.41. The van der Waals surface area contributed by atoms with Gasteiger partial charge in [0, 0.05) is 0 Å². The number of hydrogen-bond donors (Lipinski definition) is 1. The summed E-state index contributed by atoms with van der Waals surface area (Å²) >= 11 is 2.80. The maximum absolute atomic E-state index is 12.3. The summed E-state index contributed by atoms with van der Waals surface area (Å²) in [7, 11) is 0. The van der Waals surface area contributed by atoms with E-state index >= 15 is 0 Å². The quantitative estimate of drug-likeness (QED) is 0.681. The fourth-order valence-corrected chi connectivity index (χ4v) is 1.50. The highest BCUT2D eigenvalue weighted by atomic mass is 79.9. The van der Waals surface area contributed by atoms with Crippen molar-refractivity contribution in [1.82, 2.24) is 4.98 Å². The lowest BCUT2D eigenvalue weighted by atomic mass is 10.2. The second-order valence-electron chi connectivity index (χ2n) is 2.55. The van der Waals surface area contributed by atoms with Crippen molar-refractivity contribution < 1.29 is 18.8 Å². The molecular weight excluding hydrogens is 278 g/mol. The van der Waals surface area contributed by atoms with E-state index in [9.17, 15) is 18.9 Å². The van der Waals surface area contributed by atoms with E-state index in [1.807, 2.05) is 0 Å². The molecule has 0 spiro atoms. The third-order valence-corrected chi connectivity index (χ3v) is 2.24. The highest BCUT2D eigenvalue weighted by Crippen LogP contribution is 2.30. The molecule has 15 heavy (non-hydrogen) atoms. The van der Waals surface area contributed by atoms with Gasteiger partial charge in [-0.1, -0.05) is 0 Å². The molecule has 0 amide bonds. The van der Waals surface area contributed by atoms with Crippen LogP contribution in [0.1, 0.15) is 17.7 Å². The van der Waals surface area contributed by atoms with Crippen molar-refractivity contribution in [1.29, 1.82) is 0 Å². The maximum Gasteiger partial charge on any atom is 0.369 e. The summed E-state index contributed by atoms with van der Waals surface area (Å²) in [4.78, 5) is 12.7. The Bertz CT molecular complexity index is 400. The van der Waals surface area contributed by atoms with Gasteiger partial charge in [0.25, 0.3) is 0 Å².